The van der Waals surface area contributed by atoms with E-state index in [0.29, 0.717) is 18.7 Å². The fourth-order valence-electron chi connectivity index (χ4n) is 2.54. The monoisotopic (exact) mass is 293 g/mol. The summed E-state index contributed by atoms with van der Waals surface area (Å²) in [6, 6.07) is 1.87. The molecule has 1 fully saturated rings. The van der Waals surface area contributed by atoms with Crippen molar-refractivity contribution in [3.05, 3.63) is 18.0 Å². The molecule has 0 bridgehead atoms. The average molecular weight is 293 g/mol. The number of aromatic nitrogens is 2. The molecule has 0 spiro atoms. The summed E-state index contributed by atoms with van der Waals surface area (Å²) in [5, 5.41) is 9.23. The molecule has 0 saturated carbocycles. The molecule has 1 aromatic heterocycles. The van der Waals surface area contributed by atoms with Crippen LogP contribution in [0.5, 0.6) is 0 Å². The second-order valence-corrected chi connectivity index (χ2v) is 5.60. The minimum atomic E-state index is -0.156. The van der Waals surface area contributed by atoms with Gasteiger partial charge in [-0.15, -0.1) is 0 Å². The van der Waals surface area contributed by atoms with Crippen LogP contribution in [0, 0.1) is 0 Å². The zero-order chi connectivity index (χ0) is 15.2. The zero-order valence-electron chi connectivity index (χ0n) is 12.6. The number of likely N-dealkylation sites (tertiary alicyclic amines) is 1. The van der Waals surface area contributed by atoms with Crippen molar-refractivity contribution in [3.63, 3.8) is 0 Å². The van der Waals surface area contributed by atoms with Crippen LogP contribution in [0.3, 0.4) is 0 Å². The van der Waals surface area contributed by atoms with Crippen molar-refractivity contribution in [1.29, 1.82) is 0 Å². The van der Waals surface area contributed by atoms with Gasteiger partial charge in [0.05, 0.1) is 0 Å². The quantitative estimate of drug-likeness (QED) is 0.746. The molecule has 1 aliphatic rings. The van der Waals surface area contributed by atoms with Crippen molar-refractivity contribution < 1.29 is 9.59 Å². The van der Waals surface area contributed by atoms with E-state index in [1.54, 1.807) is 12.3 Å². The van der Waals surface area contributed by atoms with Crippen molar-refractivity contribution in [3.8, 4) is 0 Å². The van der Waals surface area contributed by atoms with E-state index >= 15 is 0 Å². The van der Waals surface area contributed by atoms with Gasteiger partial charge < -0.3 is 15.1 Å². The second kappa shape index (κ2) is 7.21. The first-order valence-electron chi connectivity index (χ1n) is 7.29. The van der Waals surface area contributed by atoms with E-state index in [0.717, 1.165) is 25.9 Å². The van der Waals surface area contributed by atoms with Gasteiger partial charge in [0.15, 0.2) is 0 Å². The standard InChI is InChI=1S/C14H23N5O2/c1-18(2)9-10-19-11(3-4-13(19)20)5-7-15-14(21)12-6-8-16-17-12/h6,8,11H,3-5,7,9-10H2,1-2H3,(H,15,21)(H,16,17)/t11-/m1/s1. The summed E-state index contributed by atoms with van der Waals surface area (Å²) in [4.78, 5) is 27.7. The van der Waals surface area contributed by atoms with E-state index in [-0.39, 0.29) is 17.9 Å². The molecule has 1 aliphatic heterocycles. The van der Waals surface area contributed by atoms with Crippen molar-refractivity contribution in [2.45, 2.75) is 25.3 Å². The molecular weight excluding hydrogens is 270 g/mol. The highest BCUT2D eigenvalue weighted by molar-refractivity contribution is 5.92. The number of nitrogens with one attached hydrogen (secondary N) is 2. The summed E-state index contributed by atoms with van der Waals surface area (Å²) in [5.41, 5.74) is 0.460. The van der Waals surface area contributed by atoms with Gasteiger partial charge >= 0.3 is 0 Å². The maximum atomic E-state index is 11.9. The Bertz CT molecular complexity index is 472. The zero-order valence-corrected chi connectivity index (χ0v) is 12.6. The van der Waals surface area contributed by atoms with Gasteiger partial charge in [-0.25, -0.2) is 0 Å². The lowest BCUT2D eigenvalue weighted by Crippen LogP contribution is -2.40. The van der Waals surface area contributed by atoms with Gasteiger partial charge in [-0.1, -0.05) is 0 Å². The molecule has 1 aromatic rings. The highest BCUT2D eigenvalue weighted by Crippen LogP contribution is 2.20. The lowest BCUT2D eigenvalue weighted by atomic mass is 10.1. The lowest BCUT2D eigenvalue weighted by molar-refractivity contribution is -0.129. The van der Waals surface area contributed by atoms with Crippen molar-refractivity contribution >= 4 is 11.8 Å². The third-order valence-corrected chi connectivity index (χ3v) is 3.75. The van der Waals surface area contributed by atoms with Crippen LogP contribution in [0.4, 0.5) is 0 Å². The number of aromatic amines is 1. The number of H-pyrrole nitrogens is 1. The van der Waals surface area contributed by atoms with Gasteiger partial charge in [0.2, 0.25) is 5.91 Å². The Balaban J connectivity index is 1.76. The molecule has 2 N–H and O–H groups in total. The number of carbonyl (C=O) groups is 2. The Morgan fingerprint density at radius 2 is 2.38 bits per heavy atom. The predicted octanol–water partition coefficient (Wildman–Crippen LogP) is 0.0822. The smallest absolute Gasteiger partial charge is 0.269 e. The van der Waals surface area contributed by atoms with Crippen LogP contribution in [0.2, 0.25) is 0 Å². The third kappa shape index (κ3) is 4.29. The second-order valence-electron chi connectivity index (χ2n) is 5.60. The molecule has 1 atom stereocenters. The average Bonchev–Trinajstić information content (AvgIpc) is 3.07. The van der Waals surface area contributed by atoms with Crippen LogP contribution >= 0.6 is 0 Å². The van der Waals surface area contributed by atoms with E-state index in [9.17, 15) is 9.59 Å². The minimum absolute atomic E-state index is 0.156. The summed E-state index contributed by atoms with van der Waals surface area (Å²) in [6.45, 7) is 2.18. The van der Waals surface area contributed by atoms with Gasteiger partial charge in [0.25, 0.3) is 5.91 Å². The Kier molecular flexibility index (Phi) is 5.32. The van der Waals surface area contributed by atoms with E-state index < -0.39 is 0 Å². The van der Waals surface area contributed by atoms with E-state index in [1.807, 2.05) is 19.0 Å². The lowest BCUT2D eigenvalue weighted by Gasteiger charge is -2.26. The topological polar surface area (TPSA) is 81.3 Å². The SMILES string of the molecule is CN(C)CCN1C(=O)CC[C@@H]1CCNC(=O)c1ccn[nH]1. The molecule has 2 amide bonds. The van der Waals surface area contributed by atoms with Crippen LogP contribution in [-0.4, -0.2) is 71.6 Å². The van der Waals surface area contributed by atoms with Crippen molar-refractivity contribution in [2.75, 3.05) is 33.7 Å². The van der Waals surface area contributed by atoms with Gasteiger partial charge in [0.1, 0.15) is 5.69 Å². The predicted molar refractivity (Wildman–Crippen MR) is 78.8 cm³/mol. The van der Waals surface area contributed by atoms with Crippen LogP contribution in [-0.2, 0) is 4.79 Å². The number of nitrogens with zero attached hydrogens (tertiary/aromatic N) is 3. The molecular formula is C14H23N5O2. The molecule has 2 rings (SSSR count). The number of hydrogen-bond acceptors (Lipinski definition) is 4. The first-order valence-corrected chi connectivity index (χ1v) is 7.29. The Labute approximate surface area is 124 Å². The van der Waals surface area contributed by atoms with Gasteiger partial charge in [-0.2, -0.15) is 5.10 Å². The highest BCUT2D eigenvalue weighted by Gasteiger charge is 2.30. The molecule has 116 valence electrons. The number of likely N-dealkylation sites (N-methyl/N-ethyl adjacent to an activating group) is 1. The van der Waals surface area contributed by atoms with Crippen LogP contribution < -0.4 is 5.32 Å². The number of carbonyl (C=O) groups excluding carboxylic acids is 2. The van der Waals surface area contributed by atoms with Gasteiger partial charge in [-0.3, -0.25) is 14.7 Å². The van der Waals surface area contributed by atoms with E-state index in [1.165, 1.54) is 0 Å². The molecule has 21 heavy (non-hydrogen) atoms. The molecule has 2 heterocycles. The maximum absolute atomic E-state index is 11.9. The Hall–Kier alpha value is -1.89. The summed E-state index contributed by atoms with van der Waals surface area (Å²) < 4.78 is 0. The van der Waals surface area contributed by atoms with Crippen LogP contribution in [0.25, 0.3) is 0 Å². The number of amides is 2. The third-order valence-electron chi connectivity index (χ3n) is 3.75. The van der Waals surface area contributed by atoms with Crippen molar-refractivity contribution in [2.24, 2.45) is 0 Å². The summed E-state index contributed by atoms with van der Waals surface area (Å²) in [6.07, 6.45) is 3.84. The van der Waals surface area contributed by atoms with Crippen LogP contribution in [0.1, 0.15) is 29.8 Å². The largest absolute Gasteiger partial charge is 0.351 e. The fourth-order valence-corrected chi connectivity index (χ4v) is 2.54. The Morgan fingerprint density at radius 3 is 3.05 bits per heavy atom. The first-order chi connectivity index (χ1) is 10.1. The van der Waals surface area contributed by atoms with Gasteiger partial charge in [0, 0.05) is 38.3 Å². The van der Waals surface area contributed by atoms with Crippen LogP contribution in [0.15, 0.2) is 12.3 Å². The highest BCUT2D eigenvalue weighted by atomic mass is 16.2. The van der Waals surface area contributed by atoms with Crippen molar-refractivity contribution in [1.82, 2.24) is 25.3 Å². The first kappa shape index (κ1) is 15.5. The molecule has 0 aliphatic carbocycles. The number of rotatable bonds is 7. The molecule has 7 nitrogen and oxygen atoms in total. The molecule has 0 radical (unpaired) electrons. The molecule has 0 unspecified atom stereocenters. The normalized spacial score (nSPS) is 18.5. The molecule has 7 heteroatoms. The summed E-state index contributed by atoms with van der Waals surface area (Å²) >= 11 is 0. The fraction of sp³-hybridized carbons (Fsp3) is 0.643. The van der Waals surface area contributed by atoms with E-state index in [4.69, 9.17) is 0 Å². The summed E-state index contributed by atoms with van der Waals surface area (Å²) in [5.74, 6) is 0.0680. The Morgan fingerprint density at radius 1 is 1.57 bits per heavy atom. The molecule has 1 saturated heterocycles. The van der Waals surface area contributed by atoms with E-state index in [2.05, 4.69) is 20.4 Å². The summed E-state index contributed by atoms with van der Waals surface area (Å²) in [7, 11) is 4.00. The molecule has 0 aromatic carbocycles. The van der Waals surface area contributed by atoms with Gasteiger partial charge in [-0.05, 0) is 33.0 Å². The maximum Gasteiger partial charge on any atom is 0.269 e. The minimum Gasteiger partial charge on any atom is -0.351 e. The number of hydrogen-bond donors (Lipinski definition) is 2.